The van der Waals surface area contributed by atoms with Crippen LogP contribution < -0.4 is 11.5 Å². The maximum absolute atomic E-state index is 13.3. The third kappa shape index (κ3) is 3.05. The third-order valence-corrected chi connectivity index (χ3v) is 5.28. The summed E-state index contributed by atoms with van der Waals surface area (Å²) >= 11 is 0. The highest BCUT2D eigenvalue weighted by molar-refractivity contribution is 6.05. The molecule has 0 fully saturated rings. The molecular formula is C21H30N2O. The van der Waals surface area contributed by atoms with E-state index in [-0.39, 0.29) is 11.7 Å². The molecule has 2 rings (SSSR count). The van der Waals surface area contributed by atoms with Crippen LogP contribution >= 0.6 is 0 Å². The molecule has 1 aromatic rings. The number of hydrogen-bond donors (Lipinski definition) is 2. The quantitative estimate of drug-likeness (QED) is 0.591. The highest BCUT2D eigenvalue weighted by Gasteiger charge is 2.44. The van der Waals surface area contributed by atoms with Gasteiger partial charge in [-0.1, -0.05) is 39.3 Å². The Labute approximate surface area is 145 Å². The molecule has 2 unspecified atom stereocenters. The van der Waals surface area contributed by atoms with Crippen LogP contribution in [0.15, 0.2) is 47.1 Å². The first-order chi connectivity index (χ1) is 11.4. The van der Waals surface area contributed by atoms with Crippen molar-refractivity contribution in [1.29, 1.82) is 0 Å². The third-order valence-electron chi connectivity index (χ3n) is 5.28. The van der Waals surface area contributed by atoms with Gasteiger partial charge in [0.15, 0.2) is 5.78 Å². The maximum atomic E-state index is 13.3. The number of anilines is 1. The molecule has 3 heteroatoms. The highest BCUT2D eigenvalue weighted by atomic mass is 16.1. The van der Waals surface area contributed by atoms with Crippen LogP contribution in [-0.4, -0.2) is 11.3 Å². The monoisotopic (exact) mass is 326 g/mol. The number of ketones is 1. The molecule has 0 amide bonds. The van der Waals surface area contributed by atoms with Gasteiger partial charge in [-0.15, -0.1) is 0 Å². The van der Waals surface area contributed by atoms with Gasteiger partial charge in [0.2, 0.25) is 0 Å². The molecule has 130 valence electrons. The number of nitrogen functional groups attached to an aromatic ring is 1. The zero-order valence-corrected chi connectivity index (χ0v) is 15.4. The van der Waals surface area contributed by atoms with Gasteiger partial charge in [0.1, 0.15) is 5.54 Å². The molecule has 0 radical (unpaired) electrons. The number of hydrogen-bond acceptors (Lipinski definition) is 3. The van der Waals surface area contributed by atoms with Gasteiger partial charge in [-0.25, -0.2) is 0 Å². The minimum absolute atomic E-state index is 0.0126. The van der Waals surface area contributed by atoms with E-state index >= 15 is 0 Å². The zero-order chi connectivity index (χ0) is 17.9. The van der Waals surface area contributed by atoms with Crippen LogP contribution in [0.25, 0.3) is 0 Å². The first-order valence-electron chi connectivity index (χ1n) is 9.05. The van der Waals surface area contributed by atoms with Crippen molar-refractivity contribution < 1.29 is 4.79 Å². The lowest BCUT2D eigenvalue weighted by Gasteiger charge is -2.41. The van der Waals surface area contributed by atoms with Crippen LogP contribution in [0.1, 0.15) is 63.7 Å². The molecule has 0 aromatic heterocycles. The van der Waals surface area contributed by atoms with E-state index in [2.05, 4.69) is 27.7 Å². The zero-order valence-electron chi connectivity index (χ0n) is 15.4. The fraction of sp³-hybridized carbons (Fsp3) is 0.476. The second-order valence-electron chi connectivity index (χ2n) is 6.58. The van der Waals surface area contributed by atoms with Gasteiger partial charge in [0.05, 0.1) is 0 Å². The molecule has 1 aliphatic carbocycles. The normalized spacial score (nSPS) is 24.0. The van der Waals surface area contributed by atoms with E-state index in [1.54, 1.807) is 24.3 Å². The summed E-state index contributed by atoms with van der Waals surface area (Å²) in [5, 5.41) is 0. The number of allylic oxidation sites excluding steroid dienone is 2. The topological polar surface area (TPSA) is 69.1 Å². The molecular weight excluding hydrogens is 296 g/mol. The van der Waals surface area contributed by atoms with Crippen molar-refractivity contribution in [2.24, 2.45) is 11.7 Å². The Bertz CT molecular complexity index is 670. The minimum atomic E-state index is -0.972. The van der Waals surface area contributed by atoms with Crippen LogP contribution in [0.3, 0.4) is 0 Å². The number of benzene rings is 1. The lowest BCUT2D eigenvalue weighted by Crippen LogP contribution is -2.54. The number of carbonyl (C=O) groups is 1. The summed E-state index contributed by atoms with van der Waals surface area (Å²) < 4.78 is 0. The van der Waals surface area contributed by atoms with Crippen molar-refractivity contribution in [2.75, 3.05) is 5.73 Å². The number of carbonyl (C=O) groups excluding carboxylic acids is 1. The van der Waals surface area contributed by atoms with E-state index in [9.17, 15) is 4.79 Å². The first kappa shape index (κ1) is 18.5. The van der Waals surface area contributed by atoms with E-state index in [1.807, 2.05) is 6.08 Å². The summed E-state index contributed by atoms with van der Waals surface area (Å²) in [5.74, 6) is 0.0409. The number of nitrogens with two attached hydrogens (primary N) is 2. The predicted molar refractivity (Wildman–Crippen MR) is 102 cm³/mol. The van der Waals surface area contributed by atoms with Gasteiger partial charge in [-0.3, -0.25) is 4.79 Å². The lowest BCUT2D eigenvalue weighted by atomic mass is 9.66. The number of rotatable bonds is 6. The van der Waals surface area contributed by atoms with Gasteiger partial charge >= 0.3 is 0 Å². The molecule has 0 saturated heterocycles. The van der Waals surface area contributed by atoms with Crippen LogP contribution in [0, 0.1) is 5.92 Å². The number of Topliss-reactive ketones (excluding diaryl/α,β-unsaturated/α-hetero) is 1. The van der Waals surface area contributed by atoms with Crippen LogP contribution in [0.2, 0.25) is 0 Å². The molecule has 24 heavy (non-hydrogen) atoms. The van der Waals surface area contributed by atoms with E-state index in [0.717, 1.165) is 25.7 Å². The second-order valence-corrected chi connectivity index (χ2v) is 6.58. The molecule has 0 spiro atoms. The SMILES string of the molecule is CCC1=CC(N)(C(=O)c2ccc(N)cc2)C(CC)C(CC)=C1CC. The molecule has 0 aliphatic heterocycles. The van der Waals surface area contributed by atoms with Crippen molar-refractivity contribution >= 4 is 11.5 Å². The van der Waals surface area contributed by atoms with Crippen molar-refractivity contribution in [3.05, 3.63) is 52.6 Å². The minimum Gasteiger partial charge on any atom is -0.399 e. The Balaban J connectivity index is 2.57. The molecule has 3 nitrogen and oxygen atoms in total. The Morgan fingerprint density at radius 2 is 1.67 bits per heavy atom. The van der Waals surface area contributed by atoms with Gasteiger partial charge in [0, 0.05) is 17.2 Å². The van der Waals surface area contributed by atoms with Gasteiger partial charge in [0.25, 0.3) is 0 Å². The fourth-order valence-electron chi connectivity index (χ4n) is 4.10. The molecule has 0 bridgehead atoms. The molecule has 0 saturated carbocycles. The van der Waals surface area contributed by atoms with Crippen molar-refractivity contribution in [1.82, 2.24) is 0 Å². The van der Waals surface area contributed by atoms with Gasteiger partial charge in [-0.2, -0.15) is 0 Å². The van der Waals surface area contributed by atoms with Crippen LogP contribution in [0.4, 0.5) is 5.69 Å². The predicted octanol–water partition coefficient (Wildman–Crippen LogP) is 4.64. The summed E-state index contributed by atoms with van der Waals surface area (Å²) in [6.07, 6.45) is 5.73. The van der Waals surface area contributed by atoms with E-state index in [4.69, 9.17) is 11.5 Å². The summed E-state index contributed by atoms with van der Waals surface area (Å²) in [7, 11) is 0. The standard InChI is InChI=1S/C21H30N2O/c1-5-14-13-21(23,19(8-4)18(7-3)17(14)6-2)20(24)15-9-11-16(22)12-10-15/h9-13,19H,5-8,22-23H2,1-4H3. The Morgan fingerprint density at radius 3 is 2.12 bits per heavy atom. The van der Waals surface area contributed by atoms with Crippen LogP contribution in [0.5, 0.6) is 0 Å². The fourth-order valence-corrected chi connectivity index (χ4v) is 4.10. The first-order valence-corrected chi connectivity index (χ1v) is 9.05. The Morgan fingerprint density at radius 1 is 1.04 bits per heavy atom. The molecule has 1 aromatic carbocycles. The largest absolute Gasteiger partial charge is 0.399 e. The average molecular weight is 326 g/mol. The average Bonchev–Trinajstić information content (AvgIpc) is 2.60. The molecule has 0 heterocycles. The molecule has 4 N–H and O–H groups in total. The van der Waals surface area contributed by atoms with E-state index in [0.29, 0.717) is 11.3 Å². The smallest absolute Gasteiger partial charge is 0.187 e. The summed E-state index contributed by atoms with van der Waals surface area (Å²) in [4.78, 5) is 13.3. The van der Waals surface area contributed by atoms with Crippen molar-refractivity contribution in [2.45, 2.75) is 58.9 Å². The molecule has 1 aliphatic rings. The van der Waals surface area contributed by atoms with Gasteiger partial charge in [-0.05, 0) is 61.1 Å². The highest BCUT2D eigenvalue weighted by Crippen LogP contribution is 2.42. The van der Waals surface area contributed by atoms with E-state index < -0.39 is 5.54 Å². The summed E-state index contributed by atoms with van der Waals surface area (Å²) in [6.45, 7) is 8.61. The van der Waals surface area contributed by atoms with Gasteiger partial charge < -0.3 is 11.5 Å². The Kier molecular flexibility index (Phi) is 5.66. The maximum Gasteiger partial charge on any atom is 0.187 e. The van der Waals surface area contributed by atoms with Crippen molar-refractivity contribution in [3.8, 4) is 0 Å². The summed E-state index contributed by atoms with van der Waals surface area (Å²) in [6, 6.07) is 7.09. The summed E-state index contributed by atoms with van der Waals surface area (Å²) in [5.41, 5.74) is 16.8. The lowest BCUT2D eigenvalue weighted by molar-refractivity contribution is 0.0880. The second kappa shape index (κ2) is 7.35. The van der Waals surface area contributed by atoms with E-state index in [1.165, 1.54) is 16.7 Å². The van der Waals surface area contributed by atoms with Crippen molar-refractivity contribution in [3.63, 3.8) is 0 Å². The molecule has 2 atom stereocenters. The Hall–Kier alpha value is -1.87. The van der Waals surface area contributed by atoms with Crippen LogP contribution in [-0.2, 0) is 0 Å².